The Bertz CT molecular complexity index is 447. The minimum atomic E-state index is -1.95. The molecule has 0 atom stereocenters. The summed E-state index contributed by atoms with van der Waals surface area (Å²) in [6.45, 7) is 12.0. The molecule has 1 heterocycles. The third kappa shape index (κ3) is 2.87. The zero-order valence-electron chi connectivity index (χ0n) is 12.6. The van der Waals surface area contributed by atoms with Crippen LogP contribution >= 0.6 is 7.49 Å². The van der Waals surface area contributed by atoms with Gasteiger partial charge in [-0.25, -0.2) is 4.89 Å². The molecular formula is C14H23BO3P+. The van der Waals surface area contributed by atoms with Gasteiger partial charge in [0.1, 0.15) is 5.30 Å². The van der Waals surface area contributed by atoms with Gasteiger partial charge in [-0.1, -0.05) is 12.1 Å². The van der Waals surface area contributed by atoms with Crippen molar-refractivity contribution in [1.29, 1.82) is 0 Å². The van der Waals surface area contributed by atoms with Gasteiger partial charge in [0.25, 0.3) is 0 Å². The van der Waals surface area contributed by atoms with Crippen LogP contribution in [0.5, 0.6) is 0 Å². The Hall–Kier alpha value is -0.405. The predicted molar refractivity (Wildman–Crippen MR) is 82.8 cm³/mol. The van der Waals surface area contributed by atoms with E-state index in [9.17, 15) is 4.89 Å². The molecule has 104 valence electrons. The van der Waals surface area contributed by atoms with Gasteiger partial charge in [-0.3, -0.25) is 0 Å². The summed E-state index contributed by atoms with van der Waals surface area (Å²) < 4.78 is 12.0. The van der Waals surface area contributed by atoms with Crippen molar-refractivity contribution in [3.8, 4) is 0 Å². The lowest BCUT2D eigenvalue weighted by molar-refractivity contribution is 0.00578. The number of hydrogen-bond donors (Lipinski definition) is 1. The van der Waals surface area contributed by atoms with Crippen LogP contribution in [0.2, 0.25) is 0 Å². The van der Waals surface area contributed by atoms with E-state index in [2.05, 4.69) is 0 Å². The van der Waals surface area contributed by atoms with E-state index in [4.69, 9.17) is 9.31 Å². The molecule has 5 heteroatoms. The van der Waals surface area contributed by atoms with Crippen LogP contribution in [-0.2, 0) is 9.31 Å². The molecule has 1 aromatic rings. The molecule has 0 radical (unpaired) electrons. The number of hydrogen-bond acceptors (Lipinski definition) is 3. The molecule has 0 aliphatic carbocycles. The Morgan fingerprint density at radius 1 is 0.947 bits per heavy atom. The number of rotatable bonds is 2. The predicted octanol–water partition coefficient (Wildman–Crippen LogP) is 1.80. The van der Waals surface area contributed by atoms with E-state index in [-0.39, 0.29) is 18.3 Å². The van der Waals surface area contributed by atoms with Crippen LogP contribution in [0.15, 0.2) is 24.3 Å². The molecule has 0 bridgehead atoms. The lowest BCUT2D eigenvalue weighted by Crippen LogP contribution is -2.41. The SMILES string of the molecule is CC1(C)OB(c2ccc([P+](C)(C)O)cc2)OC1(C)C. The minimum Gasteiger partial charge on any atom is -0.399 e. The Kier molecular flexibility index (Phi) is 3.60. The molecule has 3 nitrogen and oxygen atoms in total. The minimum absolute atomic E-state index is 0.320. The van der Waals surface area contributed by atoms with Crippen molar-refractivity contribution in [1.82, 2.24) is 0 Å². The summed E-state index contributed by atoms with van der Waals surface area (Å²) in [6, 6.07) is 7.90. The first-order chi connectivity index (χ1) is 8.53. The molecule has 0 aromatic heterocycles. The van der Waals surface area contributed by atoms with E-state index >= 15 is 0 Å². The third-order valence-electron chi connectivity index (χ3n) is 4.05. The summed E-state index contributed by atoms with van der Waals surface area (Å²) in [5, 5.41) is 0.993. The third-order valence-corrected chi connectivity index (χ3v) is 5.61. The largest absolute Gasteiger partial charge is 0.494 e. The smallest absolute Gasteiger partial charge is 0.399 e. The average Bonchev–Trinajstić information content (AvgIpc) is 2.47. The normalized spacial score (nSPS) is 21.7. The van der Waals surface area contributed by atoms with Gasteiger partial charge in [-0.05, 0) is 45.3 Å². The van der Waals surface area contributed by atoms with Gasteiger partial charge in [-0.15, -0.1) is 0 Å². The van der Waals surface area contributed by atoms with Gasteiger partial charge >= 0.3 is 7.12 Å². The Balaban J connectivity index is 2.22. The van der Waals surface area contributed by atoms with Crippen LogP contribution in [-0.4, -0.2) is 36.5 Å². The first-order valence-electron chi connectivity index (χ1n) is 6.56. The lowest BCUT2D eigenvalue weighted by atomic mass is 9.79. The molecule has 1 aromatic carbocycles. The van der Waals surface area contributed by atoms with Crippen molar-refractivity contribution < 1.29 is 14.2 Å². The van der Waals surface area contributed by atoms with E-state index in [0.717, 1.165) is 10.8 Å². The van der Waals surface area contributed by atoms with E-state index < -0.39 is 7.49 Å². The second kappa shape index (κ2) is 4.56. The van der Waals surface area contributed by atoms with Crippen molar-refractivity contribution >= 4 is 25.4 Å². The Morgan fingerprint density at radius 3 is 1.74 bits per heavy atom. The molecule has 1 aliphatic heterocycles. The average molecular weight is 281 g/mol. The van der Waals surface area contributed by atoms with Gasteiger partial charge in [0.05, 0.1) is 24.5 Å². The van der Waals surface area contributed by atoms with Crippen LogP contribution in [0.1, 0.15) is 27.7 Å². The topological polar surface area (TPSA) is 38.7 Å². The first kappa shape index (κ1) is 15.0. The standard InChI is InChI=1S/C14H23BO3P/c1-13(2)14(3,4)18-15(17-13)11-7-9-12(10-8-11)19(5,6)16/h7-10,16H,1-6H3/q+1. The van der Waals surface area contributed by atoms with Crippen molar-refractivity contribution in [2.24, 2.45) is 0 Å². The van der Waals surface area contributed by atoms with Gasteiger partial charge in [0.15, 0.2) is 7.49 Å². The summed E-state index contributed by atoms with van der Waals surface area (Å²) in [5.41, 5.74) is 0.356. The van der Waals surface area contributed by atoms with Gasteiger partial charge in [-0.2, -0.15) is 0 Å². The molecular weight excluding hydrogens is 258 g/mol. The van der Waals surface area contributed by atoms with Crippen molar-refractivity contribution in [3.63, 3.8) is 0 Å². The van der Waals surface area contributed by atoms with Crippen molar-refractivity contribution in [3.05, 3.63) is 24.3 Å². The number of benzene rings is 1. The fraction of sp³-hybridized carbons (Fsp3) is 0.571. The Labute approximate surface area is 116 Å². The maximum Gasteiger partial charge on any atom is 0.494 e. The van der Waals surface area contributed by atoms with Gasteiger partial charge < -0.3 is 9.31 Å². The lowest BCUT2D eigenvalue weighted by Gasteiger charge is -2.32. The van der Waals surface area contributed by atoms with Crippen LogP contribution in [0, 0.1) is 0 Å². The highest BCUT2D eigenvalue weighted by atomic mass is 31.2. The van der Waals surface area contributed by atoms with E-state index in [1.54, 1.807) is 0 Å². The quantitative estimate of drug-likeness (QED) is 0.663. The van der Waals surface area contributed by atoms with Crippen LogP contribution in [0.3, 0.4) is 0 Å². The van der Waals surface area contributed by atoms with Gasteiger partial charge in [0, 0.05) is 0 Å². The fourth-order valence-electron chi connectivity index (χ4n) is 1.98. The molecule has 0 saturated carbocycles. The molecule has 0 spiro atoms. The molecule has 1 N–H and O–H groups in total. The maximum atomic E-state index is 10.1. The summed E-state index contributed by atoms with van der Waals surface area (Å²) in [7, 11) is -2.29. The molecule has 19 heavy (non-hydrogen) atoms. The summed E-state index contributed by atoms with van der Waals surface area (Å²) in [4.78, 5) is 10.1. The van der Waals surface area contributed by atoms with E-state index in [1.165, 1.54) is 0 Å². The molecule has 1 aliphatic rings. The second-order valence-corrected chi connectivity index (χ2v) is 9.88. The fourth-order valence-corrected chi connectivity index (χ4v) is 2.85. The second-order valence-electron chi connectivity index (χ2n) is 6.57. The molecule has 2 rings (SSSR count). The van der Waals surface area contributed by atoms with Crippen LogP contribution < -0.4 is 10.8 Å². The van der Waals surface area contributed by atoms with E-state index in [1.807, 2.05) is 65.3 Å². The summed E-state index contributed by atoms with van der Waals surface area (Å²) in [5.74, 6) is 0. The zero-order chi connectivity index (χ0) is 14.5. The maximum absolute atomic E-state index is 10.1. The highest BCUT2D eigenvalue weighted by Gasteiger charge is 2.51. The molecule has 1 fully saturated rings. The molecule has 1 saturated heterocycles. The Morgan fingerprint density at radius 2 is 1.37 bits per heavy atom. The van der Waals surface area contributed by atoms with Crippen molar-refractivity contribution in [2.45, 2.75) is 38.9 Å². The zero-order valence-corrected chi connectivity index (χ0v) is 13.5. The summed E-state index contributed by atoms with van der Waals surface area (Å²) in [6.07, 6.45) is 0. The van der Waals surface area contributed by atoms with E-state index in [0.29, 0.717) is 0 Å². The van der Waals surface area contributed by atoms with Crippen molar-refractivity contribution in [2.75, 3.05) is 13.3 Å². The van der Waals surface area contributed by atoms with Gasteiger partial charge in [0.2, 0.25) is 0 Å². The molecule has 0 unspecified atom stereocenters. The monoisotopic (exact) mass is 281 g/mol. The molecule has 0 amide bonds. The highest BCUT2D eigenvalue weighted by molar-refractivity contribution is 7.76. The highest BCUT2D eigenvalue weighted by Crippen LogP contribution is 2.44. The van der Waals surface area contributed by atoms with Crippen LogP contribution in [0.25, 0.3) is 0 Å². The van der Waals surface area contributed by atoms with Crippen LogP contribution in [0.4, 0.5) is 0 Å². The summed E-state index contributed by atoms with van der Waals surface area (Å²) >= 11 is 0. The first-order valence-corrected chi connectivity index (χ1v) is 9.19.